The molecule has 128 valence electrons. The Kier molecular flexibility index (Phi) is 5.50. The fraction of sp³-hybridized carbons (Fsp3) is 0.158. The first-order valence-electron chi connectivity index (χ1n) is 7.64. The molecule has 2 aromatic rings. The highest BCUT2D eigenvalue weighted by Gasteiger charge is 2.34. The van der Waals surface area contributed by atoms with Gasteiger partial charge in [-0.1, -0.05) is 30.3 Å². The first kappa shape index (κ1) is 17.6. The van der Waals surface area contributed by atoms with Crippen LogP contribution in [0.25, 0.3) is 0 Å². The molecule has 1 amide bonds. The van der Waals surface area contributed by atoms with Crippen molar-refractivity contribution in [1.29, 1.82) is 0 Å². The normalized spacial score (nSPS) is 13.9. The summed E-state index contributed by atoms with van der Waals surface area (Å²) < 4.78 is 6.13. The molecule has 0 N–H and O–H groups in total. The van der Waals surface area contributed by atoms with Gasteiger partial charge in [-0.25, -0.2) is 4.99 Å². The first-order valence-corrected chi connectivity index (χ1v) is 10.1. The number of nitrogens with zero attached hydrogens (tertiary/aromatic N) is 2. The molecule has 25 heavy (non-hydrogen) atoms. The number of hydrogen-bond donors (Lipinski definition) is 0. The van der Waals surface area contributed by atoms with Crippen molar-refractivity contribution >= 4 is 41.0 Å². The minimum Gasteiger partial charge on any atom is -0.497 e. The van der Waals surface area contributed by atoms with Gasteiger partial charge in [0.15, 0.2) is 5.70 Å². The number of carbonyl (C=O) groups excluding carboxylic acids is 1. The van der Waals surface area contributed by atoms with Crippen molar-refractivity contribution in [3.8, 4) is 5.75 Å². The summed E-state index contributed by atoms with van der Waals surface area (Å²) in [4.78, 5) is 19.4. The van der Waals surface area contributed by atoms with Gasteiger partial charge in [0.2, 0.25) is 0 Å². The molecule has 2 aromatic carbocycles. The number of benzene rings is 2. The molecule has 1 heterocycles. The highest BCUT2D eigenvalue weighted by molar-refractivity contribution is 8.21. The van der Waals surface area contributed by atoms with Crippen LogP contribution in [-0.4, -0.2) is 31.4 Å². The fourth-order valence-corrected chi connectivity index (χ4v) is 3.89. The zero-order valence-electron chi connectivity index (χ0n) is 14.2. The van der Waals surface area contributed by atoms with E-state index in [9.17, 15) is 4.79 Å². The number of thioether (sulfide) groups is 2. The highest BCUT2D eigenvalue weighted by Crippen LogP contribution is 2.35. The Labute approximate surface area is 156 Å². The summed E-state index contributed by atoms with van der Waals surface area (Å²) in [6, 6.07) is 17.2. The molecule has 0 fully saturated rings. The topological polar surface area (TPSA) is 41.9 Å². The van der Waals surface area contributed by atoms with Crippen LogP contribution >= 0.6 is 23.5 Å². The zero-order chi connectivity index (χ0) is 17.8. The molecular formula is C19H18N2O2S2. The molecule has 0 saturated heterocycles. The van der Waals surface area contributed by atoms with Gasteiger partial charge >= 0.3 is 0 Å². The SMILES string of the molecule is COc1ccc(N2C(=O)C(=C(SC)SC)N=C2c2ccccc2)cc1. The molecule has 1 aliphatic rings. The van der Waals surface area contributed by atoms with Crippen LogP contribution in [0.15, 0.2) is 69.5 Å². The van der Waals surface area contributed by atoms with Gasteiger partial charge in [0, 0.05) is 5.56 Å². The molecule has 0 radical (unpaired) electrons. The second kappa shape index (κ2) is 7.80. The molecule has 0 aromatic heterocycles. The standard InChI is InChI=1S/C19H18N2O2S2/c1-23-15-11-9-14(10-12-15)21-17(13-7-5-4-6-8-13)20-16(18(21)22)19(24-2)25-3/h4-12H,1-3H3. The van der Waals surface area contributed by atoms with E-state index in [4.69, 9.17) is 4.74 Å². The van der Waals surface area contributed by atoms with E-state index in [2.05, 4.69) is 4.99 Å². The number of rotatable bonds is 5. The van der Waals surface area contributed by atoms with Gasteiger partial charge in [0.25, 0.3) is 5.91 Å². The minimum absolute atomic E-state index is 0.109. The van der Waals surface area contributed by atoms with Gasteiger partial charge in [0.1, 0.15) is 11.6 Å². The molecule has 0 spiro atoms. The van der Waals surface area contributed by atoms with Crippen molar-refractivity contribution in [2.24, 2.45) is 4.99 Å². The van der Waals surface area contributed by atoms with Crippen LogP contribution in [0.1, 0.15) is 5.56 Å². The number of anilines is 1. The molecule has 0 saturated carbocycles. The summed E-state index contributed by atoms with van der Waals surface area (Å²) in [5.41, 5.74) is 2.17. The minimum atomic E-state index is -0.109. The van der Waals surface area contributed by atoms with Crippen molar-refractivity contribution in [3.05, 3.63) is 70.1 Å². The third-order valence-corrected chi connectivity index (χ3v) is 5.89. The molecule has 0 aliphatic carbocycles. The lowest BCUT2D eigenvalue weighted by Crippen LogP contribution is -2.32. The van der Waals surface area contributed by atoms with E-state index in [1.54, 1.807) is 12.0 Å². The van der Waals surface area contributed by atoms with E-state index in [0.717, 1.165) is 21.2 Å². The van der Waals surface area contributed by atoms with E-state index in [1.165, 1.54) is 23.5 Å². The molecule has 0 bridgehead atoms. The summed E-state index contributed by atoms with van der Waals surface area (Å²) >= 11 is 3.08. The third-order valence-electron chi connectivity index (χ3n) is 3.76. The Hall–Kier alpha value is -2.18. The monoisotopic (exact) mass is 370 g/mol. The predicted molar refractivity (Wildman–Crippen MR) is 108 cm³/mol. The van der Waals surface area contributed by atoms with Gasteiger partial charge in [-0.2, -0.15) is 0 Å². The predicted octanol–water partition coefficient (Wildman–Crippen LogP) is 4.38. The maximum absolute atomic E-state index is 13.1. The average molecular weight is 370 g/mol. The van der Waals surface area contributed by atoms with Crippen molar-refractivity contribution in [2.75, 3.05) is 24.5 Å². The first-order chi connectivity index (χ1) is 12.2. The van der Waals surface area contributed by atoms with Gasteiger partial charge in [0.05, 0.1) is 17.0 Å². The average Bonchev–Trinajstić information content (AvgIpc) is 3.01. The van der Waals surface area contributed by atoms with Crippen molar-refractivity contribution in [1.82, 2.24) is 0 Å². The Morgan fingerprint density at radius 1 is 1.00 bits per heavy atom. The Bertz CT molecular complexity index is 824. The Balaban J connectivity index is 2.12. The van der Waals surface area contributed by atoms with Crippen molar-refractivity contribution in [2.45, 2.75) is 0 Å². The summed E-state index contributed by atoms with van der Waals surface area (Å²) in [7, 11) is 1.62. The van der Waals surface area contributed by atoms with E-state index < -0.39 is 0 Å². The van der Waals surface area contributed by atoms with Crippen LogP contribution in [0.2, 0.25) is 0 Å². The summed E-state index contributed by atoms with van der Waals surface area (Å²) in [5.74, 6) is 1.28. The number of amidine groups is 1. The molecule has 0 unspecified atom stereocenters. The second-order valence-electron chi connectivity index (χ2n) is 5.18. The smallest absolute Gasteiger partial charge is 0.284 e. The molecule has 1 aliphatic heterocycles. The van der Waals surface area contributed by atoms with Crippen molar-refractivity contribution < 1.29 is 9.53 Å². The van der Waals surface area contributed by atoms with Crippen LogP contribution < -0.4 is 9.64 Å². The molecule has 0 atom stereocenters. The van der Waals surface area contributed by atoms with E-state index in [1.807, 2.05) is 67.1 Å². The van der Waals surface area contributed by atoms with Gasteiger partial charge in [-0.3, -0.25) is 9.69 Å². The molecule has 4 nitrogen and oxygen atoms in total. The van der Waals surface area contributed by atoms with E-state index in [0.29, 0.717) is 11.5 Å². The van der Waals surface area contributed by atoms with Crippen LogP contribution in [0.4, 0.5) is 5.69 Å². The lowest BCUT2D eigenvalue weighted by Gasteiger charge is -2.19. The number of carbonyl (C=O) groups is 1. The molecule has 6 heteroatoms. The zero-order valence-corrected chi connectivity index (χ0v) is 15.9. The van der Waals surface area contributed by atoms with Gasteiger partial charge in [-0.15, -0.1) is 23.5 Å². The number of amides is 1. The summed E-state index contributed by atoms with van der Waals surface area (Å²) in [5, 5.41) is 0. The van der Waals surface area contributed by atoms with Crippen LogP contribution in [0.5, 0.6) is 5.75 Å². The molecular weight excluding hydrogens is 352 g/mol. The van der Waals surface area contributed by atoms with Crippen molar-refractivity contribution in [3.63, 3.8) is 0 Å². The summed E-state index contributed by atoms with van der Waals surface area (Å²) in [6.45, 7) is 0. The van der Waals surface area contributed by atoms with E-state index >= 15 is 0 Å². The van der Waals surface area contributed by atoms with Crippen LogP contribution in [-0.2, 0) is 4.79 Å². The summed E-state index contributed by atoms with van der Waals surface area (Å²) in [6.07, 6.45) is 3.92. The Morgan fingerprint density at radius 2 is 1.64 bits per heavy atom. The van der Waals surface area contributed by atoms with Crippen LogP contribution in [0.3, 0.4) is 0 Å². The lowest BCUT2D eigenvalue weighted by atomic mass is 10.2. The number of ether oxygens (including phenoxy) is 1. The maximum Gasteiger partial charge on any atom is 0.284 e. The quantitative estimate of drug-likeness (QED) is 0.733. The highest BCUT2D eigenvalue weighted by atomic mass is 32.2. The van der Waals surface area contributed by atoms with Gasteiger partial charge in [-0.05, 0) is 36.8 Å². The Morgan fingerprint density at radius 3 is 2.20 bits per heavy atom. The number of hydrogen-bond acceptors (Lipinski definition) is 5. The maximum atomic E-state index is 13.1. The third kappa shape index (κ3) is 3.45. The number of methoxy groups -OCH3 is 1. The number of aliphatic imine (C=N–C) groups is 1. The second-order valence-corrected chi connectivity index (χ2v) is 7.08. The van der Waals surface area contributed by atoms with Crippen LogP contribution in [0, 0.1) is 0 Å². The largest absolute Gasteiger partial charge is 0.497 e. The molecule has 3 rings (SSSR count). The fourth-order valence-electron chi connectivity index (χ4n) is 2.57. The van der Waals surface area contributed by atoms with E-state index in [-0.39, 0.29) is 5.91 Å². The lowest BCUT2D eigenvalue weighted by molar-refractivity contribution is -0.113. The van der Waals surface area contributed by atoms with Gasteiger partial charge < -0.3 is 4.74 Å².